The standard InChI is InChI=1S/C19H21NO2/c21-17-18(7-9-19(10-8-18)13-22-19)11-12-20(17)16-5-3-15(4-6-16)14-1-2-14/h3-7,9,14H,1-2,8,10-13H2. The number of amides is 1. The Bertz CT molecular complexity index is 655. The zero-order valence-corrected chi connectivity index (χ0v) is 12.8. The summed E-state index contributed by atoms with van der Waals surface area (Å²) >= 11 is 0. The molecule has 114 valence electrons. The van der Waals surface area contributed by atoms with Crippen molar-refractivity contribution in [2.75, 3.05) is 18.1 Å². The van der Waals surface area contributed by atoms with Crippen LogP contribution in [0.15, 0.2) is 36.4 Å². The molecule has 3 fully saturated rings. The van der Waals surface area contributed by atoms with Crippen molar-refractivity contribution in [3.8, 4) is 0 Å². The van der Waals surface area contributed by atoms with Gasteiger partial charge < -0.3 is 9.64 Å². The van der Waals surface area contributed by atoms with Crippen molar-refractivity contribution in [3.05, 3.63) is 42.0 Å². The van der Waals surface area contributed by atoms with E-state index in [2.05, 4.69) is 36.4 Å². The minimum absolute atomic E-state index is 0.00906. The fraction of sp³-hybridized carbons (Fsp3) is 0.526. The normalized spacial score (nSPS) is 36.5. The number of hydrogen-bond donors (Lipinski definition) is 0. The highest BCUT2D eigenvalue weighted by Gasteiger charge is 2.53. The number of hydrogen-bond acceptors (Lipinski definition) is 2. The summed E-state index contributed by atoms with van der Waals surface area (Å²) in [7, 11) is 0. The molecule has 0 bridgehead atoms. The Labute approximate surface area is 130 Å². The molecule has 3 nitrogen and oxygen atoms in total. The van der Waals surface area contributed by atoms with Gasteiger partial charge >= 0.3 is 0 Å². The number of ether oxygens (including phenoxy) is 1. The van der Waals surface area contributed by atoms with Gasteiger partial charge in [0.25, 0.3) is 0 Å². The summed E-state index contributed by atoms with van der Waals surface area (Å²) in [6.07, 6.45) is 9.78. The maximum atomic E-state index is 13.0. The number of benzene rings is 1. The number of carbonyl (C=O) groups is 1. The SMILES string of the molecule is O=C1N(c2ccc(C3CC3)cc2)CCC12C=CC1(CC2)CO1. The Morgan fingerprint density at radius 2 is 1.82 bits per heavy atom. The fourth-order valence-electron chi connectivity index (χ4n) is 4.01. The second-order valence-corrected chi connectivity index (χ2v) is 7.42. The molecule has 22 heavy (non-hydrogen) atoms. The first kappa shape index (κ1) is 12.9. The molecule has 2 spiro atoms. The molecule has 2 saturated heterocycles. The number of rotatable bonds is 2. The van der Waals surface area contributed by atoms with Crippen LogP contribution in [-0.4, -0.2) is 24.7 Å². The monoisotopic (exact) mass is 295 g/mol. The molecule has 0 radical (unpaired) electrons. The number of anilines is 1. The van der Waals surface area contributed by atoms with Gasteiger partial charge in [0.2, 0.25) is 5.91 Å². The molecule has 2 aliphatic carbocycles. The van der Waals surface area contributed by atoms with Crippen LogP contribution in [0.5, 0.6) is 0 Å². The predicted molar refractivity (Wildman–Crippen MR) is 84.9 cm³/mol. The summed E-state index contributed by atoms with van der Waals surface area (Å²) in [5.74, 6) is 1.05. The van der Waals surface area contributed by atoms with Crippen LogP contribution < -0.4 is 4.90 Å². The average Bonchev–Trinajstić information content (AvgIpc) is 3.47. The minimum Gasteiger partial charge on any atom is -0.365 e. The molecule has 4 aliphatic rings. The highest BCUT2D eigenvalue weighted by Crippen LogP contribution is 2.49. The Hall–Kier alpha value is -1.61. The lowest BCUT2D eigenvalue weighted by Crippen LogP contribution is -2.36. The van der Waals surface area contributed by atoms with Gasteiger partial charge in [-0.15, -0.1) is 0 Å². The van der Waals surface area contributed by atoms with E-state index in [4.69, 9.17) is 4.74 Å². The minimum atomic E-state index is -0.271. The predicted octanol–water partition coefficient (Wildman–Crippen LogP) is 3.41. The van der Waals surface area contributed by atoms with Crippen molar-refractivity contribution in [1.29, 1.82) is 0 Å². The molecule has 1 aromatic rings. The molecule has 0 N–H and O–H groups in total. The van der Waals surface area contributed by atoms with Crippen LogP contribution in [-0.2, 0) is 9.53 Å². The van der Waals surface area contributed by atoms with Gasteiger partial charge in [0.05, 0.1) is 12.0 Å². The summed E-state index contributed by atoms with van der Waals surface area (Å²) in [5, 5.41) is 0. The van der Waals surface area contributed by atoms with Gasteiger partial charge in [-0.25, -0.2) is 0 Å². The highest BCUT2D eigenvalue weighted by atomic mass is 16.6. The van der Waals surface area contributed by atoms with E-state index in [0.717, 1.165) is 44.0 Å². The van der Waals surface area contributed by atoms with Crippen LogP contribution in [0.2, 0.25) is 0 Å². The molecule has 5 rings (SSSR count). The maximum Gasteiger partial charge on any atom is 0.237 e. The second-order valence-electron chi connectivity index (χ2n) is 7.42. The van der Waals surface area contributed by atoms with E-state index in [-0.39, 0.29) is 16.9 Å². The van der Waals surface area contributed by atoms with E-state index in [1.165, 1.54) is 18.4 Å². The Morgan fingerprint density at radius 1 is 1.05 bits per heavy atom. The molecule has 0 aromatic heterocycles. The summed E-state index contributed by atoms with van der Waals surface area (Å²) in [5.41, 5.74) is 2.20. The van der Waals surface area contributed by atoms with Crippen LogP contribution in [0.3, 0.4) is 0 Å². The van der Waals surface area contributed by atoms with E-state index in [9.17, 15) is 4.79 Å². The van der Waals surface area contributed by atoms with Gasteiger partial charge in [-0.2, -0.15) is 0 Å². The summed E-state index contributed by atoms with van der Waals surface area (Å²) < 4.78 is 5.52. The molecule has 2 atom stereocenters. The van der Waals surface area contributed by atoms with Crippen LogP contribution in [0.25, 0.3) is 0 Å². The van der Waals surface area contributed by atoms with Gasteiger partial charge in [0.15, 0.2) is 0 Å². The van der Waals surface area contributed by atoms with Gasteiger partial charge in [-0.1, -0.05) is 24.3 Å². The molecule has 2 heterocycles. The van der Waals surface area contributed by atoms with E-state index >= 15 is 0 Å². The van der Waals surface area contributed by atoms with Gasteiger partial charge in [-0.3, -0.25) is 4.79 Å². The van der Waals surface area contributed by atoms with Gasteiger partial charge in [0, 0.05) is 12.2 Å². The quantitative estimate of drug-likeness (QED) is 0.619. The second kappa shape index (κ2) is 4.23. The van der Waals surface area contributed by atoms with Crippen LogP contribution in [0.4, 0.5) is 5.69 Å². The summed E-state index contributed by atoms with van der Waals surface area (Å²) in [6.45, 7) is 1.67. The summed E-state index contributed by atoms with van der Waals surface area (Å²) in [4.78, 5) is 15.0. The Balaban J connectivity index is 1.39. The van der Waals surface area contributed by atoms with Crippen LogP contribution >= 0.6 is 0 Å². The molecule has 1 aromatic carbocycles. The summed E-state index contributed by atoms with van der Waals surface area (Å²) in [6, 6.07) is 8.66. The Morgan fingerprint density at radius 3 is 2.41 bits per heavy atom. The first-order valence-electron chi connectivity index (χ1n) is 8.46. The molecule has 1 amide bonds. The van der Waals surface area contributed by atoms with Gasteiger partial charge in [0.1, 0.15) is 5.60 Å². The maximum absolute atomic E-state index is 13.0. The number of carbonyl (C=O) groups excluding carboxylic acids is 1. The van der Waals surface area contributed by atoms with Crippen molar-refractivity contribution in [2.45, 2.75) is 43.6 Å². The largest absolute Gasteiger partial charge is 0.365 e. The lowest BCUT2D eigenvalue weighted by atomic mass is 9.74. The zero-order chi connectivity index (χ0) is 14.8. The number of nitrogens with zero attached hydrogens (tertiary/aromatic N) is 1. The number of epoxide rings is 1. The van der Waals surface area contributed by atoms with E-state index < -0.39 is 0 Å². The van der Waals surface area contributed by atoms with Crippen LogP contribution in [0.1, 0.15) is 43.6 Å². The zero-order valence-electron chi connectivity index (χ0n) is 12.8. The van der Waals surface area contributed by atoms with Gasteiger partial charge in [-0.05, 0) is 55.7 Å². The Kier molecular flexibility index (Phi) is 2.48. The molecule has 3 heteroatoms. The smallest absolute Gasteiger partial charge is 0.237 e. The van der Waals surface area contributed by atoms with Crippen molar-refractivity contribution in [3.63, 3.8) is 0 Å². The molecular weight excluding hydrogens is 274 g/mol. The van der Waals surface area contributed by atoms with Crippen molar-refractivity contribution >= 4 is 11.6 Å². The van der Waals surface area contributed by atoms with Crippen LogP contribution in [0, 0.1) is 5.41 Å². The van der Waals surface area contributed by atoms with Crippen molar-refractivity contribution in [2.24, 2.45) is 5.41 Å². The first-order chi connectivity index (χ1) is 10.7. The van der Waals surface area contributed by atoms with E-state index in [1.54, 1.807) is 0 Å². The van der Waals surface area contributed by atoms with E-state index in [1.807, 2.05) is 4.90 Å². The molecular formula is C19H21NO2. The van der Waals surface area contributed by atoms with Crippen molar-refractivity contribution in [1.82, 2.24) is 0 Å². The third-order valence-corrected chi connectivity index (χ3v) is 5.92. The highest BCUT2D eigenvalue weighted by molar-refractivity contribution is 6.01. The molecule has 2 aliphatic heterocycles. The average molecular weight is 295 g/mol. The lowest BCUT2D eigenvalue weighted by Gasteiger charge is -2.29. The van der Waals surface area contributed by atoms with E-state index in [0.29, 0.717) is 0 Å². The van der Waals surface area contributed by atoms with Crippen molar-refractivity contribution < 1.29 is 9.53 Å². The molecule has 1 saturated carbocycles. The topological polar surface area (TPSA) is 32.8 Å². The third kappa shape index (κ3) is 1.88. The third-order valence-electron chi connectivity index (χ3n) is 5.92. The fourth-order valence-corrected chi connectivity index (χ4v) is 4.01. The molecule has 2 unspecified atom stereocenters. The lowest BCUT2D eigenvalue weighted by molar-refractivity contribution is -0.124. The first-order valence-corrected chi connectivity index (χ1v) is 8.46.